The van der Waals surface area contributed by atoms with Crippen molar-refractivity contribution >= 4 is 18.3 Å². The third kappa shape index (κ3) is 6.20. The number of benzene rings is 1. The number of rotatable bonds is 8. The molecule has 0 aliphatic carbocycles. The van der Waals surface area contributed by atoms with Crippen LogP contribution in [-0.4, -0.2) is 38.3 Å². The lowest BCUT2D eigenvalue weighted by Crippen LogP contribution is -2.28. The summed E-state index contributed by atoms with van der Waals surface area (Å²) in [4.78, 5) is 11.5. The maximum absolute atomic E-state index is 11.5. The number of amides is 1. The zero-order chi connectivity index (χ0) is 15.0. The Morgan fingerprint density at radius 2 is 2.10 bits per heavy atom. The number of methoxy groups -OCH3 is 2. The van der Waals surface area contributed by atoms with Crippen LogP contribution in [0.5, 0.6) is 11.5 Å². The van der Waals surface area contributed by atoms with Gasteiger partial charge in [-0.1, -0.05) is 0 Å². The average molecular weight is 319 g/mol. The molecule has 0 spiro atoms. The monoisotopic (exact) mass is 318 g/mol. The van der Waals surface area contributed by atoms with Gasteiger partial charge in [0, 0.05) is 18.5 Å². The van der Waals surface area contributed by atoms with E-state index < -0.39 is 6.10 Å². The summed E-state index contributed by atoms with van der Waals surface area (Å²) >= 11 is 0. The second-order valence-electron chi connectivity index (χ2n) is 4.32. The summed E-state index contributed by atoms with van der Waals surface area (Å²) in [6.45, 7) is 0.590. The van der Waals surface area contributed by atoms with Crippen LogP contribution >= 0.6 is 12.4 Å². The second-order valence-corrected chi connectivity index (χ2v) is 4.32. The Kier molecular flexibility index (Phi) is 9.53. The molecule has 0 radical (unpaired) electrons. The lowest BCUT2D eigenvalue weighted by Gasteiger charge is -2.16. The molecular formula is C14H23ClN2O4. The lowest BCUT2D eigenvalue weighted by atomic mass is 10.1. The van der Waals surface area contributed by atoms with Gasteiger partial charge in [0.1, 0.15) is 11.5 Å². The summed E-state index contributed by atoms with van der Waals surface area (Å²) in [5.41, 5.74) is 5.91. The molecule has 0 aromatic heterocycles. The lowest BCUT2D eigenvalue weighted by molar-refractivity contribution is -0.121. The zero-order valence-corrected chi connectivity index (χ0v) is 13.1. The molecule has 4 N–H and O–H groups in total. The van der Waals surface area contributed by atoms with Crippen molar-refractivity contribution in [1.29, 1.82) is 0 Å². The van der Waals surface area contributed by atoms with Crippen LogP contribution in [0.3, 0.4) is 0 Å². The minimum absolute atomic E-state index is 0. The first kappa shape index (κ1) is 19.5. The smallest absolute Gasteiger partial charge is 0.220 e. The Bertz CT molecular complexity index is 443. The average Bonchev–Trinajstić information content (AvgIpc) is 2.49. The summed E-state index contributed by atoms with van der Waals surface area (Å²) in [7, 11) is 3.07. The first-order chi connectivity index (χ1) is 9.62. The Morgan fingerprint density at radius 1 is 1.38 bits per heavy atom. The van der Waals surface area contributed by atoms with Crippen LogP contribution in [0.4, 0.5) is 0 Å². The molecule has 0 saturated carbocycles. The van der Waals surface area contributed by atoms with E-state index >= 15 is 0 Å². The number of nitrogens with one attached hydrogen (secondary N) is 1. The fourth-order valence-electron chi connectivity index (χ4n) is 1.77. The van der Waals surface area contributed by atoms with Crippen molar-refractivity contribution < 1.29 is 19.4 Å². The van der Waals surface area contributed by atoms with Gasteiger partial charge in [-0.2, -0.15) is 0 Å². The molecule has 0 bridgehead atoms. The fourth-order valence-corrected chi connectivity index (χ4v) is 1.77. The molecule has 0 aliphatic heterocycles. The molecular weight excluding hydrogens is 296 g/mol. The molecule has 1 rings (SSSR count). The van der Waals surface area contributed by atoms with Crippen molar-refractivity contribution in [2.24, 2.45) is 5.73 Å². The number of aliphatic hydroxyl groups is 1. The largest absolute Gasteiger partial charge is 0.497 e. The topological polar surface area (TPSA) is 93.8 Å². The third-order valence-electron chi connectivity index (χ3n) is 2.90. The molecule has 0 fully saturated rings. The van der Waals surface area contributed by atoms with E-state index in [-0.39, 0.29) is 24.9 Å². The molecule has 1 aromatic rings. The molecule has 1 aromatic carbocycles. The molecule has 7 heteroatoms. The number of aliphatic hydroxyl groups excluding tert-OH is 1. The minimum atomic E-state index is -0.859. The van der Waals surface area contributed by atoms with E-state index in [1.54, 1.807) is 25.3 Å². The van der Waals surface area contributed by atoms with Crippen LogP contribution < -0.4 is 20.5 Å². The maximum atomic E-state index is 11.5. The number of carbonyl (C=O) groups excluding carboxylic acids is 1. The van der Waals surface area contributed by atoms with E-state index in [9.17, 15) is 9.90 Å². The van der Waals surface area contributed by atoms with E-state index in [0.29, 0.717) is 36.4 Å². The van der Waals surface area contributed by atoms with Gasteiger partial charge in [0.25, 0.3) is 0 Å². The number of hydrogen-bond donors (Lipinski definition) is 3. The van der Waals surface area contributed by atoms with Crippen molar-refractivity contribution in [2.75, 3.05) is 27.3 Å². The summed E-state index contributed by atoms with van der Waals surface area (Å²) < 4.78 is 10.3. The van der Waals surface area contributed by atoms with Crippen LogP contribution in [0.15, 0.2) is 18.2 Å². The number of carbonyl (C=O) groups is 1. The van der Waals surface area contributed by atoms with Crippen LogP contribution in [0.2, 0.25) is 0 Å². The van der Waals surface area contributed by atoms with Gasteiger partial charge in [0.05, 0.1) is 20.3 Å². The standard InChI is InChI=1S/C14H22N2O4.ClH/c1-19-10-5-6-13(20-2)11(8-10)12(17)9-16-14(18)4-3-7-15;/h5-6,8,12,17H,3-4,7,9,15H2,1-2H3,(H,16,18);1H. The SMILES string of the molecule is COc1ccc(OC)c(C(O)CNC(=O)CCCN)c1.Cl. The molecule has 1 amide bonds. The van der Waals surface area contributed by atoms with Crippen LogP contribution in [0.25, 0.3) is 0 Å². The number of hydrogen-bond acceptors (Lipinski definition) is 5. The third-order valence-corrected chi connectivity index (χ3v) is 2.90. The van der Waals surface area contributed by atoms with Crippen molar-refractivity contribution in [1.82, 2.24) is 5.32 Å². The summed E-state index contributed by atoms with van der Waals surface area (Å²) in [6.07, 6.45) is 0.130. The van der Waals surface area contributed by atoms with Crippen LogP contribution in [0.1, 0.15) is 24.5 Å². The minimum Gasteiger partial charge on any atom is -0.497 e. The van der Waals surface area contributed by atoms with E-state index in [4.69, 9.17) is 15.2 Å². The van der Waals surface area contributed by atoms with Crippen molar-refractivity contribution in [3.63, 3.8) is 0 Å². The Balaban J connectivity index is 0.00000400. The Hall–Kier alpha value is -1.50. The van der Waals surface area contributed by atoms with Crippen molar-refractivity contribution in [2.45, 2.75) is 18.9 Å². The first-order valence-corrected chi connectivity index (χ1v) is 6.49. The summed E-state index contributed by atoms with van der Waals surface area (Å²) in [5, 5.41) is 12.8. The van der Waals surface area contributed by atoms with E-state index in [0.717, 1.165) is 0 Å². The fraction of sp³-hybridized carbons (Fsp3) is 0.500. The van der Waals surface area contributed by atoms with Gasteiger partial charge < -0.3 is 25.6 Å². The highest BCUT2D eigenvalue weighted by Crippen LogP contribution is 2.28. The molecule has 1 unspecified atom stereocenters. The van der Waals surface area contributed by atoms with Gasteiger partial charge in [-0.25, -0.2) is 0 Å². The van der Waals surface area contributed by atoms with Gasteiger partial charge in [-0.05, 0) is 31.2 Å². The van der Waals surface area contributed by atoms with Gasteiger partial charge in [0.15, 0.2) is 0 Å². The quantitative estimate of drug-likeness (QED) is 0.665. The zero-order valence-electron chi connectivity index (χ0n) is 12.3. The Labute approximate surface area is 131 Å². The molecule has 0 heterocycles. The molecule has 6 nitrogen and oxygen atoms in total. The Morgan fingerprint density at radius 3 is 2.67 bits per heavy atom. The normalized spacial score (nSPS) is 11.2. The first-order valence-electron chi connectivity index (χ1n) is 6.49. The predicted octanol–water partition coefficient (Wildman–Crippen LogP) is 1.01. The van der Waals surface area contributed by atoms with Crippen molar-refractivity contribution in [3.8, 4) is 11.5 Å². The van der Waals surface area contributed by atoms with Crippen molar-refractivity contribution in [3.05, 3.63) is 23.8 Å². The van der Waals surface area contributed by atoms with E-state index in [1.165, 1.54) is 7.11 Å². The van der Waals surface area contributed by atoms with Gasteiger partial charge >= 0.3 is 0 Å². The highest BCUT2D eigenvalue weighted by Gasteiger charge is 2.15. The highest BCUT2D eigenvalue weighted by atomic mass is 35.5. The summed E-state index contributed by atoms with van der Waals surface area (Å²) in [5.74, 6) is 1.04. The molecule has 120 valence electrons. The molecule has 21 heavy (non-hydrogen) atoms. The maximum Gasteiger partial charge on any atom is 0.220 e. The number of ether oxygens (including phenoxy) is 2. The van der Waals surface area contributed by atoms with Crippen LogP contribution in [0, 0.1) is 0 Å². The molecule has 1 atom stereocenters. The second kappa shape index (κ2) is 10.3. The van der Waals surface area contributed by atoms with Gasteiger partial charge in [-0.3, -0.25) is 4.79 Å². The summed E-state index contributed by atoms with van der Waals surface area (Å²) in [6, 6.07) is 5.15. The predicted molar refractivity (Wildman–Crippen MR) is 83.1 cm³/mol. The van der Waals surface area contributed by atoms with Gasteiger partial charge in [0.2, 0.25) is 5.91 Å². The van der Waals surface area contributed by atoms with E-state index in [2.05, 4.69) is 5.32 Å². The van der Waals surface area contributed by atoms with Gasteiger partial charge in [-0.15, -0.1) is 12.4 Å². The molecule has 0 saturated heterocycles. The number of halogens is 1. The molecule has 0 aliphatic rings. The van der Waals surface area contributed by atoms with E-state index in [1.807, 2.05) is 0 Å². The van der Waals surface area contributed by atoms with Crippen LogP contribution in [-0.2, 0) is 4.79 Å². The number of nitrogens with two attached hydrogens (primary N) is 1. The highest BCUT2D eigenvalue weighted by molar-refractivity contribution is 5.85.